The lowest BCUT2D eigenvalue weighted by Crippen LogP contribution is -2.26. The molecule has 10 heteroatoms. The fraction of sp³-hybridized carbons (Fsp3) is 0.143. The van der Waals surface area contributed by atoms with Crippen molar-refractivity contribution in [3.8, 4) is 17.1 Å². The number of amides is 1. The van der Waals surface area contributed by atoms with E-state index in [1.165, 1.54) is 28.7 Å². The third kappa shape index (κ3) is 6.10. The molecule has 0 saturated heterocycles. The second kappa shape index (κ2) is 12.1. The highest BCUT2D eigenvalue weighted by molar-refractivity contribution is 7.98. The molecule has 1 N–H and O–H groups in total. The highest BCUT2D eigenvalue weighted by atomic mass is 35.5. The van der Waals surface area contributed by atoms with Crippen LogP contribution in [0.5, 0.6) is 0 Å². The summed E-state index contributed by atoms with van der Waals surface area (Å²) in [7, 11) is 0. The molecule has 0 aliphatic carbocycles. The Balaban J connectivity index is 1.33. The summed E-state index contributed by atoms with van der Waals surface area (Å²) >= 11 is 15.8. The molecule has 0 bridgehead atoms. The van der Waals surface area contributed by atoms with Crippen LogP contribution in [0.25, 0.3) is 17.1 Å². The van der Waals surface area contributed by atoms with Crippen LogP contribution in [0.1, 0.15) is 26.6 Å². The number of aromatic nitrogens is 4. The van der Waals surface area contributed by atoms with Gasteiger partial charge in [0.2, 0.25) is 0 Å². The molecule has 0 radical (unpaired) electrons. The lowest BCUT2D eigenvalue weighted by molar-refractivity contribution is 0.0949. The average molecular weight is 581 g/mol. The first-order chi connectivity index (χ1) is 18.5. The first-order valence-corrected chi connectivity index (χ1v) is 14.5. The van der Waals surface area contributed by atoms with Crippen LogP contribution < -0.4 is 5.32 Å². The van der Waals surface area contributed by atoms with Gasteiger partial charge in [-0.1, -0.05) is 83.5 Å². The number of rotatable bonds is 9. The Morgan fingerprint density at radius 3 is 2.63 bits per heavy atom. The molecule has 0 atom stereocenters. The van der Waals surface area contributed by atoms with E-state index >= 15 is 0 Å². The van der Waals surface area contributed by atoms with Crippen LogP contribution in [0.3, 0.4) is 0 Å². The lowest BCUT2D eigenvalue weighted by Gasteiger charge is -2.14. The van der Waals surface area contributed by atoms with Gasteiger partial charge in [0, 0.05) is 22.5 Å². The Labute approximate surface area is 239 Å². The molecule has 2 heterocycles. The quantitative estimate of drug-likeness (QED) is 0.186. The largest absolute Gasteiger partial charge is 0.350 e. The molecular formula is C28H23Cl2N5OS2. The van der Waals surface area contributed by atoms with Gasteiger partial charge in [-0.15, -0.1) is 21.5 Å². The van der Waals surface area contributed by atoms with Gasteiger partial charge < -0.3 is 5.32 Å². The third-order valence-electron chi connectivity index (χ3n) is 5.81. The van der Waals surface area contributed by atoms with E-state index < -0.39 is 0 Å². The van der Waals surface area contributed by atoms with Gasteiger partial charge in [-0.2, -0.15) is 0 Å². The molecule has 0 spiro atoms. The summed E-state index contributed by atoms with van der Waals surface area (Å²) in [6.45, 7) is 2.57. The Bertz CT molecular complexity index is 1570. The number of thiazole rings is 1. The van der Waals surface area contributed by atoms with Crippen molar-refractivity contribution in [1.82, 2.24) is 25.1 Å². The molecule has 38 heavy (non-hydrogen) atoms. The monoisotopic (exact) mass is 579 g/mol. The van der Waals surface area contributed by atoms with E-state index in [-0.39, 0.29) is 5.91 Å². The number of halogens is 2. The van der Waals surface area contributed by atoms with Crippen LogP contribution in [0.15, 0.2) is 83.3 Å². The van der Waals surface area contributed by atoms with Crippen molar-refractivity contribution in [2.75, 3.05) is 6.54 Å². The van der Waals surface area contributed by atoms with Gasteiger partial charge in [0.1, 0.15) is 10.7 Å². The Hall–Kier alpha value is -3.17. The van der Waals surface area contributed by atoms with E-state index in [0.29, 0.717) is 39.0 Å². The van der Waals surface area contributed by atoms with Crippen molar-refractivity contribution in [3.05, 3.63) is 110 Å². The molecule has 5 rings (SSSR count). The predicted octanol–water partition coefficient (Wildman–Crippen LogP) is 7.27. The molecular weight excluding hydrogens is 557 g/mol. The zero-order valence-electron chi connectivity index (χ0n) is 20.4. The number of thioether (sulfide) groups is 1. The smallest absolute Gasteiger partial charge is 0.270 e. The fourth-order valence-corrected chi connectivity index (χ4v) is 6.01. The summed E-state index contributed by atoms with van der Waals surface area (Å²) in [5.74, 6) is 0.982. The van der Waals surface area contributed by atoms with Crippen LogP contribution in [0.4, 0.5) is 0 Å². The van der Waals surface area contributed by atoms with Gasteiger partial charge in [0.25, 0.3) is 5.91 Å². The zero-order chi connectivity index (χ0) is 26.5. The van der Waals surface area contributed by atoms with E-state index in [9.17, 15) is 4.79 Å². The minimum absolute atomic E-state index is 0.174. The van der Waals surface area contributed by atoms with Gasteiger partial charge in [-0.3, -0.25) is 9.36 Å². The highest BCUT2D eigenvalue weighted by Gasteiger charge is 2.20. The molecule has 192 valence electrons. The summed E-state index contributed by atoms with van der Waals surface area (Å²) in [5.41, 5.74) is 4.27. The van der Waals surface area contributed by atoms with E-state index in [4.69, 9.17) is 23.2 Å². The van der Waals surface area contributed by atoms with E-state index in [1.54, 1.807) is 5.38 Å². The maximum atomic E-state index is 12.6. The SMILES string of the molecule is Cc1ccc(Cl)cc1-n1c(SCc2nc(C(=O)NCCc3ccccc3)cs2)nnc1-c1ccccc1Cl. The van der Waals surface area contributed by atoms with Gasteiger partial charge in [0.15, 0.2) is 11.0 Å². The van der Waals surface area contributed by atoms with Gasteiger partial charge >= 0.3 is 0 Å². The number of hydrogen-bond acceptors (Lipinski definition) is 6. The van der Waals surface area contributed by atoms with Gasteiger partial charge in [-0.25, -0.2) is 4.98 Å². The molecule has 5 aromatic rings. The van der Waals surface area contributed by atoms with Crippen molar-refractivity contribution in [2.24, 2.45) is 0 Å². The lowest BCUT2D eigenvalue weighted by atomic mass is 10.1. The normalized spacial score (nSPS) is 11.0. The van der Waals surface area contributed by atoms with Gasteiger partial charge in [0.05, 0.1) is 16.5 Å². The minimum atomic E-state index is -0.174. The summed E-state index contributed by atoms with van der Waals surface area (Å²) in [6, 6.07) is 23.3. The second-order valence-corrected chi connectivity index (χ2v) is 11.2. The number of carbonyl (C=O) groups excluding carboxylic acids is 1. The highest BCUT2D eigenvalue weighted by Crippen LogP contribution is 2.35. The molecule has 2 aromatic heterocycles. The summed E-state index contributed by atoms with van der Waals surface area (Å²) in [5, 5.41) is 16.4. The van der Waals surface area contributed by atoms with Crippen LogP contribution in [0, 0.1) is 6.92 Å². The summed E-state index contributed by atoms with van der Waals surface area (Å²) in [4.78, 5) is 17.1. The van der Waals surface area contributed by atoms with Crippen LogP contribution in [-0.4, -0.2) is 32.2 Å². The molecule has 0 aliphatic rings. The Kier molecular flexibility index (Phi) is 8.44. The van der Waals surface area contributed by atoms with E-state index in [1.807, 2.05) is 84.3 Å². The third-order valence-corrected chi connectivity index (χ3v) is 8.35. The Morgan fingerprint density at radius 1 is 1.03 bits per heavy atom. The first kappa shape index (κ1) is 26.4. The van der Waals surface area contributed by atoms with Crippen molar-refractivity contribution in [3.63, 3.8) is 0 Å². The molecule has 6 nitrogen and oxygen atoms in total. The van der Waals surface area contributed by atoms with Crippen LogP contribution in [-0.2, 0) is 12.2 Å². The zero-order valence-corrected chi connectivity index (χ0v) is 23.5. The van der Waals surface area contributed by atoms with Crippen molar-refractivity contribution >= 4 is 52.2 Å². The number of hydrogen-bond donors (Lipinski definition) is 1. The van der Waals surface area contributed by atoms with Crippen LogP contribution >= 0.6 is 46.3 Å². The molecule has 0 aliphatic heterocycles. The summed E-state index contributed by atoms with van der Waals surface area (Å²) < 4.78 is 1.97. The maximum absolute atomic E-state index is 12.6. The van der Waals surface area contributed by atoms with Crippen molar-refractivity contribution < 1.29 is 4.79 Å². The average Bonchev–Trinajstić information content (AvgIpc) is 3.57. The van der Waals surface area contributed by atoms with E-state index in [2.05, 4.69) is 20.5 Å². The van der Waals surface area contributed by atoms with Gasteiger partial charge in [-0.05, 0) is 48.7 Å². The minimum Gasteiger partial charge on any atom is -0.350 e. The fourth-order valence-electron chi connectivity index (χ4n) is 3.88. The molecule has 1 amide bonds. The number of aryl methyl sites for hydroxylation is 1. The number of nitrogens with one attached hydrogen (secondary N) is 1. The molecule has 3 aromatic carbocycles. The molecule has 0 saturated carbocycles. The van der Waals surface area contributed by atoms with Crippen molar-refractivity contribution in [1.29, 1.82) is 0 Å². The summed E-state index contributed by atoms with van der Waals surface area (Å²) in [6.07, 6.45) is 0.770. The Morgan fingerprint density at radius 2 is 1.82 bits per heavy atom. The first-order valence-electron chi connectivity index (χ1n) is 11.9. The predicted molar refractivity (Wildman–Crippen MR) is 156 cm³/mol. The molecule has 0 fully saturated rings. The van der Waals surface area contributed by atoms with Crippen molar-refractivity contribution in [2.45, 2.75) is 24.3 Å². The molecule has 0 unspecified atom stereocenters. The number of benzene rings is 3. The standard InChI is InChI=1S/C28H23Cl2N5OS2/c1-18-11-12-20(29)15-24(18)35-26(21-9-5-6-10-22(21)30)33-34-28(35)38-17-25-32-23(16-37-25)27(36)31-14-13-19-7-3-2-4-8-19/h2-12,15-16H,13-14,17H2,1H3,(H,31,36). The number of nitrogens with zero attached hydrogens (tertiary/aromatic N) is 4. The number of carbonyl (C=O) groups is 1. The maximum Gasteiger partial charge on any atom is 0.270 e. The second-order valence-electron chi connectivity index (χ2n) is 8.46. The van der Waals surface area contributed by atoms with E-state index in [0.717, 1.165) is 28.2 Å². The van der Waals surface area contributed by atoms with Crippen LogP contribution in [0.2, 0.25) is 10.0 Å². The topological polar surface area (TPSA) is 72.7 Å².